The SMILES string of the molecule is CCC(CCC(C)C1CCC2C3CC=C4CC(OC5OC(CO)C(O)C(OC6OC(CO)C(O)C(O)C6O)C5O)CCC4(C)C3CCC12C)C(C)C. The van der Waals surface area contributed by atoms with Crippen molar-refractivity contribution >= 4 is 0 Å². The zero-order valence-electron chi connectivity index (χ0n) is 32.4. The normalized spacial score (nSPS) is 49.1. The summed E-state index contributed by atoms with van der Waals surface area (Å²) in [4.78, 5) is 0. The van der Waals surface area contributed by atoms with Crippen LogP contribution in [-0.4, -0.2) is 116 Å². The number of aliphatic hydroxyl groups excluding tert-OH is 7. The molecule has 0 aromatic carbocycles. The fourth-order valence-electron chi connectivity index (χ4n) is 12.3. The summed E-state index contributed by atoms with van der Waals surface area (Å²) in [7, 11) is 0. The molecule has 11 heteroatoms. The number of hydrogen-bond donors (Lipinski definition) is 7. The molecule has 2 aliphatic heterocycles. The first-order valence-electron chi connectivity index (χ1n) is 20.6. The van der Waals surface area contributed by atoms with Crippen LogP contribution in [-0.2, 0) is 18.9 Å². The molecular weight excluding hydrogens is 668 g/mol. The summed E-state index contributed by atoms with van der Waals surface area (Å²) in [5.41, 5.74) is 1.94. The lowest BCUT2D eigenvalue weighted by molar-refractivity contribution is -0.364. The van der Waals surface area contributed by atoms with Crippen molar-refractivity contribution < 1.29 is 54.7 Å². The van der Waals surface area contributed by atoms with E-state index in [0.29, 0.717) is 23.7 Å². The lowest BCUT2D eigenvalue weighted by Crippen LogP contribution is -2.65. The van der Waals surface area contributed by atoms with Crippen molar-refractivity contribution in [2.24, 2.45) is 52.3 Å². The topological polar surface area (TPSA) is 179 Å². The first-order valence-corrected chi connectivity index (χ1v) is 20.6. The van der Waals surface area contributed by atoms with Crippen LogP contribution in [0, 0.1) is 52.3 Å². The predicted octanol–water partition coefficient (Wildman–Crippen LogP) is 3.67. The standard InChI is InChI=1S/C41H70O11/c1-7-23(21(2)3)9-8-22(4)27-12-13-28-26-11-10-24-18-25(14-16-40(24,5)29(26)15-17-41(27,28)6)49-39-36(48)37(33(45)31(20-43)51-39)52-38-35(47)34(46)32(44)30(19-42)50-38/h10,21-23,25-39,42-48H,7-9,11-20H2,1-6H3. The maximum absolute atomic E-state index is 11.4. The van der Waals surface area contributed by atoms with Gasteiger partial charge in [0.1, 0.15) is 48.8 Å². The van der Waals surface area contributed by atoms with Gasteiger partial charge in [0.15, 0.2) is 12.6 Å². The van der Waals surface area contributed by atoms with Gasteiger partial charge in [-0.25, -0.2) is 0 Å². The highest BCUT2D eigenvalue weighted by Crippen LogP contribution is 2.67. The third-order valence-corrected chi connectivity index (χ3v) is 15.6. The monoisotopic (exact) mass is 738 g/mol. The third kappa shape index (κ3) is 7.44. The van der Waals surface area contributed by atoms with Crippen LogP contribution in [0.5, 0.6) is 0 Å². The van der Waals surface area contributed by atoms with Crippen molar-refractivity contribution in [2.45, 2.75) is 180 Å². The molecule has 6 aliphatic rings. The van der Waals surface area contributed by atoms with Crippen LogP contribution >= 0.6 is 0 Å². The van der Waals surface area contributed by atoms with Gasteiger partial charge in [-0.15, -0.1) is 0 Å². The molecule has 7 N–H and O–H groups in total. The zero-order valence-corrected chi connectivity index (χ0v) is 32.4. The average Bonchev–Trinajstić information content (AvgIpc) is 3.48. The number of allylic oxidation sites excluding steroid dienone is 1. The molecule has 3 saturated carbocycles. The van der Waals surface area contributed by atoms with Crippen LogP contribution in [0.1, 0.15) is 112 Å². The Kier molecular flexibility index (Phi) is 12.9. The van der Waals surface area contributed by atoms with E-state index in [-0.39, 0.29) is 11.5 Å². The molecule has 0 amide bonds. The van der Waals surface area contributed by atoms with Gasteiger partial charge in [-0.1, -0.05) is 66.0 Å². The molecule has 0 aromatic rings. The van der Waals surface area contributed by atoms with Crippen LogP contribution in [0.25, 0.3) is 0 Å². The molecule has 5 fully saturated rings. The Bertz CT molecular complexity index is 1210. The van der Waals surface area contributed by atoms with E-state index in [4.69, 9.17) is 18.9 Å². The van der Waals surface area contributed by atoms with Gasteiger partial charge in [-0.05, 0) is 110 Å². The average molecular weight is 739 g/mol. The van der Waals surface area contributed by atoms with Gasteiger partial charge < -0.3 is 54.7 Å². The quantitative estimate of drug-likeness (QED) is 0.145. The summed E-state index contributed by atoms with van der Waals surface area (Å²) in [6.07, 6.45) is 0.466. The number of rotatable bonds is 12. The molecule has 2 heterocycles. The minimum atomic E-state index is -1.72. The summed E-state index contributed by atoms with van der Waals surface area (Å²) in [6, 6.07) is 0. The molecule has 300 valence electrons. The molecule has 19 atom stereocenters. The lowest BCUT2D eigenvalue weighted by atomic mass is 9.47. The van der Waals surface area contributed by atoms with Gasteiger partial charge in [-0.2, -0.15) is 0 Å². The Morgan fingerprint density at radius 2 is 1.44 bits per heavy atom. The second-order valence-corrected chi connectivity index (χ2v) is 18.5. The second kappa shape index (κ2) is 16.4. The van der Waals surface area contributed by atoms with Gasteiger partial charge in [0.2, 0.25) is 0 Å². The van der Waals surface area contributed by atoms with E-state index in [9.17, 15) is 35.7 Å². The largest absolute Gasteiger partial charge is 0.394 e. The fourth-order valence-corrected chi connectivity index (χ4v) is 12.3. The molecule has 0 spiro atoms. The van der Waals surface area contributed by atoms with Crippen molar-refractivity contribution in [1.29, 1.82) is 0 Å². The number of ether oxygens (including phenoxy) is 4. The van der Waals surface area contributed by atoms with Gasteiger partial charge >= 0.3 is 0 Å². The van der Waals surface area contributed by atoms with E-state index in [1.54, 1.807) is 0 Å². The highest BCUT2D eigenvalue weighted by Gasteiger charge is 2.60. The smallest absolute Gasteiger partial charge is 0.187 e. The first-order chi connectivity index (χ1) is 24.7. The summed E-state index contributed by atoms with van der Waals surface area (Å²) in [6.45, 7) is 13.5. The van der Waals surface area contributed by atoms with Crippen LogP contribution in [0.4, 0.5) is 0 Å². The summed E-state index contributed by atoms with van der Waals surface area (Å²) in [5, 5.41) is 72.9. The van der Waals surface area contributed by atoms with Crippen LogP contribution in [0.2, 0.25) is 0 Å². The molecule has 4 aliphatic carbocycles. The highest BCUT2D eigenvalue weighted by molar-refractivity contribution is 5.25. The molecular formula is C41H70O11. The van der Waals surface area contributed by atoms with Crippen LogP contribution in [0.15, 0.2) is 11.6 Å². The molecule has 19 unspecified atom stereocenters. The van der Waals surface area contributed by atoms with Crippen LogP contribution < -0.4 is 0 Å². The molecule has 6 rings (SSSR count). The molecule has 2 saturated heterocycles. The summed E-state index contributed by atoms with van der Waals surface area (Å²) >= 11 is 0. The Labute approximate surface area is 311 Å². The predicted molar refractivity (Wildman–Crippen MR) is 193 cm³/mol. The Balaban J connectivity index is 1.10. The zero-order chi connectivity index (χ0) is 37.7. The molecule has 11 nitrogen and oxygen atoms in total. The number of aliphatic hydroxyl groups is 7. The van der Waals surface area contributed by atoms with Gasteiger partial charge in [0.25, 0.3) is 0 Å². The maximum Gasteiger partial charge on any atom is 0.187 e. The van der Waals surface area contributed by atoms with E-state index in [1.165, 1.54) is 50.5 Å². The number of fused-ring (bicyclic) bond motifs is 5. The lowest BCUT2D eigenvalue weighted by Gasteiger charge is -2.58. The summed E-state index contributed by atoms with van der Waals surface area (Å²) < 4.78 is 23.6. The molecule has 0 radical (unpaired) electrons. The highest BCUT2D eigenvalue weighted by atomic mass is 16.7. The molecule has 0 aromatic heterocycles. The van der Waals surface area contributed by atoms with Crippen molar-refractivity contribution in [3.63, 3.8) is 0 Å². The minimum absolute atomic E-state index is 0.101. The van der Waals surface area contributed by atoms with E-state index in [2.05, 4.69) is 47.6 Å². The fraction of sp³-hybridized carbons (Fsp3) is 0.951. The van der Waals surface area contributed by atoms with Crippen LogP contribution in [0.3, 0.4) is 0 Å². The second-order valence-electron chi connectivity index (χ2n) is 18.5. The first kappa shape index (κ1) is 40.9. The van der Waals surface area contributed by atoms with E-state index >= 15 is 0 Å². The van der Waals surface area contributed by atoms with Crippen molar-refractivity contribution in [3.8, 4) is 0 Å². The van der Waals surface area contributed by atoms with Crippen molar-refractivity contribution in [2.75, 3.05) is 13.2 Å². The van der Waals surface area contributed by atoms with Gasteiger partial charge in [0, 0.05) is 0 Å². The van der Waals surface area contributed by atoms with Gasteiger partial charge in [-0.3, -0.25) is 0 Å². The Hall–Kier alpha value is -0.700. The third-order valence-electron chi connectivity index (χ3n) is 15.6. The molecule has 52 heavy (non-hydrogen) atoms. The maximum atomic E-state index is 11.4. The van der Waals surface area contributed by atoms with Gasteiger partial charge in [0.05, 0.1) is 19.3 Å². The van der Waals surface area contributed by atoms with E-state index in [0.717, 1.165) is 48.9 Å². The van der Waals surface area contributed by atoms with Crippen molar-refractivity contribution in [3.05, 3.63) is 11.6 Å². The van der Waals surface area contributed by atoms with E-state index < -0.39 is 74.6 Å². The summed E-state index contributed by atoms with van der Waals surface area (Å²) in [5.74, 6) is 5.27. The Morgan fingerprint density at radius 1 is 0.769 bits per heavy atom. The number of hydrogen-bond acceptors (Lipinski definition) is 11. The van der Waals surface area contributed by atoms with E-state index in [1.807, 2.05) is 0 Å². The minimum Gasteiger partial charge on any atom is -0.394 e. The molecule has 0 bridgehead atoms. The Morgan fingerprint density at radius 3 is 2.10 bits per heavy atom. The van der Waals surface area contributed by atoms with Crippen molar-refractivity contribution in [1.82, 2.24) is 0 Å².